The van der Waals surface area contributed by atoms with E-state index >= 15 is 0 Å². The highest BCUT2D eigenvalue weighted by Gasteiger charge is 2.24. The second kappa shape index (κ2) is 19.6. The van der Waals surface area contributed by atoms with Gasteiger partial charge in [0.15, 0.2) is 0 Å². The Hall–Kier alpha value is -5.14. The van der Waals surface area contributed by atoms with Gasteiger partial charge in [-0.15, -0.1) is 0 Å². The average Bonchev–Trinajstić information content (AvgIpc) is 3.19. The third-order valence-corrected chi connectivity index (χ3v) is 10.3. The zero-order chi connectivity index (χ0) is 37.6. The van der Waals surface area contributed by atoms with Crippen molar-refractivity contribution in [1.82, 2.24) is 25.8 Å². The summed E-state index contributed by atoms with van der Waals surface area (Å²) in [5.74, 6) is 0.982. The first-order valence-corrected chi connectivity index (χ1v) is 19.2. The highest BCUT2D eigenvalue weighted by molar-refractivity contribution is 5.95. The minimum Gasteiger partial charge on any atom is -0.388 e. The van der Waals surface area contributed by atoms with Gasteiger partial charge in [0.1, 0.15) is 5.82 Å². The van der Waals surface area contributed by atoms with Crippen molar-refractivity contribution in [2.45, 2.75) is 71.5 Å². The number of hydrogen-bond donors (Lipinski definition) is 3. The number of aromatic nitrogens is 1. The van der Waals surface area contributed by atoms with Gasteiger partial charge in [0.05, 0.1) is 0 Å². The van der Waals surface area contributed by atoms with Crippen molar-refractivity contribution in [2.75, 3.05) is 38.1 Å². The van der Waals surface area contributed by atoms with Crippen molar-refractivity contribution in [1.29, 1.82) is 0 Å². The number of rotatable bonds is 15. The summed E-state index contributed by atoms with van der Waals surface area (Å²) >= 11 is 0. The highest BCUT2D eigenvalue weighted by Crippen LogP contribution is 2.27. The highest BCUT2D eigenvalue weighted by atomic mass is 16.1. The molecule has 3 heterocycles. The molecule has 3 aromatic rings. The number of nitrogens with one attached hydrogen (secondary N) is 3. The van der Waals surface area contributed by atoms with Crippen LogP contribution in [0.1, 0.15) is 84.1 Å². The maximum Gasteiger partial charge on any atom is 0.251 e. The molecule has 2 saturated heterocycles. The van der Waals surface area contributed by atoms with Crippen LogP contribution in [0, 0.1) is 6.92 Å². The van der Waals surface area contributed by atoms with Gasteiger partial charge in [0.25, 0.3) is 5.91 Å². The van der Waals surface area contributed by atoms with Gasteiger partial charge in [-0.1, -0.05) is 92.9 Å². The monoisotopic (exact) mass is 710 g/mol. The quantitative estimate of drug-likeness (QED) is 0.137. The standard InChI is InChI=1S/C46H58N6O/c1-7-11-16-36(10-4)37-17-12-18-38(31-37)46(53)50-40-25-29-52(30-26-40)45-22-21-35(32-48-45)33-51-27-23-39(24-28-51)49-44(15-9-3)42-20-13-19-41(34(42)5)43(47-6)14-8-2/h7-8,10-22,31-32,39-40,47,49H,2,4,9,23-30,33H2,1,3,5-6H3,(H,50,53)/b11-7-,36-16+,43-14-,44-15+. The zero-order valence-corrected chi connectivity index (χ0v) is 32.2. The number of pyridine rings is 1. The maximum atomic E-state index is 13.2. The molecule has 7 nitrogen and oxygen atoms in total. The molecule has 0 unspecified atom stereocenters. The molecule has 2 aliphatic heterocycles. The number of nitrogens with zero attached hydrogens (tertiary/aromatic N) is 3. The number of piperidine rings is 2. The molecule has 5 rings (SSSR count). The minimum absolute atomic E-state index is 0.0272. The molecule has 0 radical (unpaired) electrons. The van der Waals surface area contributed by atoms with E-state index in [-0.39, 0.29) is 11.9 Å². The summed E-state index contributed by atoms with van der Waals surface area (Å²) in [5.41, 5.74) is 9.92. The summed E-state index contributed by atoms with van der Waals surface area (Å²) in [6.45, 7) is 19.0. The second-order valence-electron chi connectivity index (χ2n) is 14.0. The third-order valence-electron chi connectivity index (χ3n) is 10.3. The Morgan fingerprint density at radius 3 is 2.21 bits per heavy atom. The number of likely N-dealkylation sites (tertiary alicyclic amines) is 1. The Labute approximate surface area is 318 Å². The number of amides is 1. The second-order valence-corrected chi connectivity index (χ2v) is 14.0. The Morgan fingerprint density at radius 1 is 0.887 bits per heavy atom. The number of carbonyl (C=O) groups excluding carboxylic acids is 1. The van der Waals surface area contributed by atoms with E-state index in [4.69, 9.17) is 4.98 Å². The van der Waals surface area contributed by atoms with Gasteiger partial charge >= 0.3 is 0 Å². The smallest absolute Gasteiger partial charge is 0.251 e. The topological polar surface area (TPSA) is 72.5 Å². The van der Waals surface area contributed by atoms with E-state index in [1.165, 1.54) is 28.0 Å². The summed E-state index contributed by atoms with van der Waals surface area (Å²) in [4.78, 5) is 22.9. The fraction of sp³-hybridized carbons (Fsp3) is 0.348. The fourth-order valence-electron chi connectivity index (χ4n) is 7.35. The molecule has 0 spiro atoms. The number of benzene rings is 2. The van der Waals surface area contributed by atoms with E-state index in [9.17, 15) is 4.79 Å². The van der Waals surface area contributed by atoms with Gasteiger partial charge in [0.2, 0.25) is 0 Å². The van der Waals surface area contributed by atoms with Gasteiger partial charge < -0.3 is 20.9 Å². The van der Waals surface area contributed by atoms with Crippen molar-refractivity contribution in [2.24, 2.45) is 0 Å². The van der Waals surface area contributed by atoms with Crippen LogP contribution >= 0.6 is 0 Å². The van der Waals surface area contributed by atoms with Crippen LogP contribution in [-0.4, -0.2) is 61.1 Å². The molecule has 1 aromatic heterocycles. The van der Waals surface area contributed by atoms with Gasteiger partial charge in [-0.25, -0.2) is 4.98 Å². The predicted octanol–water partition coefficient (Wildman–Crippen LogP) is 8.69. The number of hydrogen-bond acceptors (Lipinski definition) is 6. The molecule has 53 heavy (non-hydrogen) atoms. The number of allylic oxidation sites excluding steroid dienone is 8. The lowest BCUT2D eigenvalue weighted by Crippen LogP contribution is -2.45. The largest absolute Gasteiger partial charge is 0.388 e. The van der Waals surface area contributed by atoms with E-state index in [0.717, 1.165) is 87.5 Å². The summed E-state index contributed by atoms with van der Waals surface area (Å²) in [5, 5.41) is 10.5. The first-order chi connectivity index (χ1) is 25.9. The first kappa shape index (κ1) is 39.1. The van der Waals surface area contributed by atoms with E-state index < -0.39 is 0 Å². The molecule has 2 aromatic carbocycles. The Kier molecular flexibility index (Phi) is 14.5. The molecular weight excluding hydrogens is 653 g/mol. The summed E-state index contributed by atoms with van der Waals surface area (Å²) in [6.07, 6.45) is 21.0. The van der Waals surface area contributed by atoms with Crippen molar-refractivity contribution in [3.05, 3.63) is 150 Å². The van der Waals surface area contributed by atoms with Crippen LogP contribution in [0.25, 0.3) is 17.0 Å². The van der Waals surface area contributed by atoms with Crippen molar-refractivity contribution < 1.29 is 4.79 Å². The first-order valence-electron chi connectivity index (χ1n) is 19.2. The maximum absolute atomic E-state index is 13.2. The van der Waals surface area contributed by atoms with Crippen LogP contribution in [0.5, 0.6) is 0 Å². The zero-order valence-electron chi connectivity index (χ0n) is 32.2. The molecule has 0 bridgehead atoms. The minimum atomic E-state index is -0.0272. The SMILES string of the molecule is C=C/C=C(\NC)c1cccc(/C(=C\CC)NC2CCN(Cc3ccc(N4CCC(NC(=O)c5cccc(/C(C=C)=C/C=C\C)c5)CC4)nc3)CC2)c1C. The van der Waals surface area contributed by atoms with Gasteiger partial charge in [0, 0.05) is 86.1 Å². The third kappa shape index (κ3) is 10.5. The lowest BCUT2D eigenvalue weighted by Gasteiger charge is -2.34. The molecule has 0 saturated carbocycles. The molecule has 0 atom stereocenters. The molecule has 278 valence electrons. The van der Waals surface area contributed by atoms with Gasteiger partial charge in [-0.05, 0) is 92.5 Å². The number of carbonyl (C=O) groups is 1. The van der Waals surface area contributed by atoms with E-state index in [1.54, 1.807) is 0 Å². The molecule has 2 fully saturated rings. The Balaban J connectivity index is 1.09. The Bertz CT molecular complexity index is 1820. The molecule has 0 aliphatic carbocycles. The lowest BCUT2D eigenvalue weighted by molar-refractivity contribution is 0.0931. The van der Waals surface area contributed by atoms with Gasteiger partial charge in [-0.3, -0.25) is 9.69 Å². The summed E-state index contributed by atoms with van der Waals surface area (Å²) < 4.78 is 0. The van der Waals surface area contributed by atoms with Crippen LogP contribution in [0.2, 0.25) is 0 Å². The van der Waals surface area contributed by atoms with Crippen molar-refractivity contribution in [3.63, 3.8) is 0 Å². The summed E-state index contributed by atoms with van der Waals surface area (Å²) in [7, 11) is 1.96. The normalized spacial score (nSPS) is 16.8. The molecule has 1 amide bonds. The van der Waals surface area contributed by atoms with Crippen LogP contribution in [0.4, 0.5) is 5.82 Å². The van der Waals surface area contributed by atoms with Crippen LogP contribution < -0.4 is 20.9 Å². The van der Waals surface area contributed by atoms with E-state index in [1.807, 2.05) is 80.9 Å². The van der Waals surface area contributed by atoms with Crippen LogP contribution in [-0.2, 0) is 6.54 Å². The van der Waals surface area contributed by atoms with Crippen molar-refractivity contribution >= 4 is 28.7 Å². The predicted molar refractivity (Wildman–Crippen MR) is 224 cm³/mol. The molecule has 3 N–H and O–H groups in total. The van der Waals surface area contributed by atoms with E-state index in [2.05, 4.69) is 89.2 Å². The molecule has 7 heteroatoms. The van der Waals surface area contributed by atoms with Crippen LogP contribution in [0.15, 0.2) is 116 Å². The van der Waals surface area contributed by atoms with Crippen LogP contribution in [0.3, 0.4) is 0 Å². The summed E-state index contributed by atoms with van der Waals surface area (Å²) in [6, 6.07) is 19.3. The molecular formula is C46H58N6O. The van der Waals surface area contributed by atoms with E-state index in [0.29, 0.717) is 11.6 Å². The lowest BCUT2D eigenvalue weighted by atomic mass is 9.95. The number of anilines is 1. The Morgan fingerprint density at radius 2 is 1.57 bits per heavy atom. The average molecular weight is 711 g/mol. The molecule has 2 aliphatic rings. The fourth-order valence-corrected chi connectivity index (χ4v) is 7.35. The van der Waals surface area contributed by atoms with Crippen molar-refractivity contribution in [3.8, 4) is 0 Å². The van der Waals surface area contributed by atoms with Gasteiger partial charge in [-0.2, -0.15) is 0 Å².